The maximum atomic E-state index is 12.9. The van der Waals surface area contributed by atoms with E-state index >= 15 is 0 Å². The predicted octanol–water partition coefficient (Wildman–Crippen LogP) is -0.0550. The van der Waals surface area contributed by atoms with Gasteiger partial charge in [-0.05, 0) is 74.3 Å². The highest BCUT2D eigenvalue weighted by atomic mass is 16.3. The lowest BCUT2D eigenvalue weighted by atomic mass is 9.87. The van der Waals surface area contributed by atoms with Crippen LogP contribution in [0, 0.1) is 0 Å². The smallest absolute Gasteiger partial charge is 0.354 e. The van der Waals surface area contributed by atoms with E-state index in [0.29, 0.717) is 44.3 Å². The summed E-state index contributed by atoms with van der Waals surface area (Å²) in [6, 6.07) is 7.87. The Balaban J connectivity index is 1.16. The Morgan fingerprint density at radius 1 is 1.05 bits per heavy atom. The number of urea groups is 1. The third-order valence-corrected chi connectivity index (χ3v) is 8.32. The van der Waals surface area contributed by atoms with Gasteiger partial charge >= 0.3 is 11.7 Å². The number of rotatable bonds is 7. The van der Waals surface area contributed by atoms with E-state index in [1.54, 1.807) is 22.1 Å². The molecule has 2 unspecified atom stereocenters. The number of nitrogens with zero attached hydrogens (tertiary/aromatic N) is 4. The monoisotopic (exact) mass is 552 g/mol. The molecule has 3 aliphatic rings. The Labute approximate surface area is 233 Å². The molecule has 5 rings (SSSR count). The molecule has 12 heteroatoms. The van der Waals surface area contributed by atoms with Crippen LogP contribution in [0.3, 0.4) is 0 Å². The Morgan fingerprint density at radius 2 is 1.82 bits per heavy atom. The van der Waals surface area contributed by atoms with Crippen molar-refractivity contribution in [1.29, 1.82) is 0 Å². The van der Waals surface area contributed by atoms with Crippen molar-refractivity contribution in [1.82, 2.24) is 24.7 Å². The van der Waals surface area contributed by atoms with Crippen LogP contribution in [0.15, 0.2) is 35.3 Å². The van der Waals surface area contributed by atoms with Crippen LogP contribution in [-0.2, 0) is 17.6 Å². The summed E-state index contributed by atoms with van der Waals surface area (Å²) in [6.07, 6.45) is 8.09. The number of aromatic nitrogens is 2. The van der Waals surface area contributed by atoms with Crippen molar-refractivity contribution in [3.8, 4) is 5.69 Å². The van der Waals surface area contributed by atoms with Crippen LogP contribution in [0.2, 0.25) is 0 Å². The van der Waals surface area contributed by atoms with Gasteiger partial charge in [-0.1, -0.05) is 6.07 Å². The highest BCUT2D eigenvalue weighted by Gasteiger charge is 2.28. The summed E-state index contributed by atoms with van der Waals surface area (Å²) in [6.45, 7) is 1.22. The van der Waals surface area contributed by atoms with Crippen molar-refractivity contribution < 1.29 is 14.7 Å². The van der Waals surface area contributed by atoms with Gasteiger partial charge < -0.3 is 31.7 Å². The number of amides is 3. The fraction of sp³-hybridized carbons (Fsp3) is 0.571. The second-order valence-electron chi connectivity index (χ2n) is 11.2. The molecule has 4 atom stereocenters. The van der Waals surface area contributed by atoms with E-state index in [0.717, 1.165) is 44.2 Å². The molecule has 0 radical (unpaired) electrons. The normalized spacial score (nSPS) is 23.5. The molecule has 216 valence electrons. The Hall–Kier alpha value is -3.32. The number of piperazine rings is 1. The summed E-state index contributed by atoms with van der Waals surface area (Å²) in [5, 5.41) is 15.5. The second kappa shape index (κ2) is 12.5. The lowest BCUT2D eigenvalue weighted by Gasteiger charge is -2.35. The molecule has 2 aliphatic carbocycles. The molecule has 1 aromatic heterocycles. The zero-order valence-corrected chi connectivity index (χ0v) is 22.8. The molecular formula is C28H40N8O4. The van der Waals surface area contributed by atoms with Gasteiger partial charge in [0.2, 0.25) is 5.91 Å². The van der Waals surface area contributed by atoms with E-state index in [-0.39, 0.29) is 30.8 Å². The van der Waals surface area contributed by atoms with E-state index in [1.165, 1.54) is 15.7 Å². The van der Waals surface area contributed by atoms with Gasteiger partial charge in [-0.25, -0.2) is 9.59 Å². The number of fused-ring (bicyclic) bond motifs is 1. The largest absolute Gasteiger partial charge is 0.396 e. The number of aryl methyl sites for hydroxylation is 1. The van der Waals surface area contributed by atoms with Crippen LogP contribution in [0.25, 0.3) is 5.69 Å². The second-order valence-corrected chi connectivity index (χ2v) is 11.2. The van der Waals surface area contributed by atoms with Crippen molar-refractivity contribution in [2.24, 2.45) is 11.5 Å². The van der Waals surface area contributed by atoms with Crippen molar-refractivity contribution in [3.05, 3.63) is 52.1 Å². The van der Waals surface area contributed by atoms with E-state index in [4.69, 9.17) is 16.6 Å². The average molecular weight is 553 g/mol. The summed E-state index contributed by atoms with van der Waals surface area (Å²) in [5.74, 6) is -0.0550. The number of hydrogen-bond acceptors (Lipinski definition) is 8. The number of benzene rings is 1. The number of carbonyl (C=O) groups excluding carboxylic acids is 2. The maximum Gasteiger partial charge on any atom is 0.354 e. The van der Waals surface area contributed by atoms with Crippen LogP contribution < -0.4 is 27.8 Å². The van der Waals surface area contributed by atoms with Crippen LogP contribution in [0.1, 0.15) is 43.2 Å². The van der Waals surface area contributed by atoms with Gasteiger partial charge in [0.1, 0.15) is 5.82 Å². The van der Waals surface area contributed by atoms with Crippen molar-refractivity contribution in [2.75, 3.05) is 38.1 Å². The minimum atomic E-state index is -0.744. The summed E-state index contributed by atoms with van der Waals surface area (Å²) in [5.41, 5.74) is 14.7. The molecule has 7 N–H and O–H groups in total. The van der Waals surface area contributed by atoms with Crippen LogP contribution in [-0.4, -0.2) is 93.3 Å². The van der Waals surface area contributed by atoms with Crippen molar-refractivity contribution in [3.63, 3.8) is 0 Å². The summed E-state index contributed by atoms with van der Waals surface area (Å²) in [4.78, 5) is 45.2. The lowest BCUT2D eigenvalue weighted by Crippen LogP contribution is -2.55. The number of nitrogens with two attached hydrogens (primary N) is 2. The van der Waals surface area contributed by atoms with Crippen molar-refractivity contribution >= 4 is 17.8 Å². The van der Waals surface area contributed by atoms with E-state index in [1.807, 2.05) is 6.07 Å². The van der Waals surface area contributed by atoms with E-state index < -0.39 is 11.7 Å². The first kappa shape index (κ1) is 28.2. The zero-order chi connectivity index (χ0) is 28.2. The minimum absolute atomic E-state index is 0.151. The molecule has 1 saturated carbocycles. The molecule has 2 aromatic rings. The molecule has 1 saturated heterocycles. The molecule has 2 fully saturated rings. The number of nitrogens with one attached hydrogen (secondary N) is 2. The Morgan fingerprint density at radius 3 is 2.52 bits per heavy atom. The van der Waals surface area contributed by atoms with Crippen LogP contribution in [0.5, 0.6) is 0 Å². The highest BCUT2D eigenvalue weighted by Crippen LogP contribution is 2.26. The zero-order valence-electron chi connectivity index (χ0n) is 22.8. The number of aliphatic hydroxyl groups is 1. The summed E-state index contributed by atoms with van der Waals surface area (Å²) >= 11 is 0. The van der Waals surface area contributed by atoms with Gasteiger partial charge in [-0.3, -0.25) is 14.7 Å². The minimum Gasteiger partial charge on any atom is -0.396 e. The predicted molar refractivity (Wildman–Crippen MR) is 151 cm³/mol. The molecule has 12 nitrogen and oxygen atoms in total. The third-order valence-electron chi connectivity index (χ3n) is 8.32. The van der Waals surface area contributed by atoms with Gasteiger partial charge in [-0.2, -0.15) is 4.98 Å². The summed E-state index contributed by atoms with van der Waals surface area (Å²) < 4.78 is 1.49. The van der Waals surface area contributed by atoms with Gasteiger partial charge in [0, 0.05) is 57.1 Å². The first-order chi connectivity index (χ1) is 19.3. The molecule has 3 amide bonds. The maximum absolute atomic E-state index is 12.9. The van der Waals surface area contributed by atoms with Crippen molar-refractivity contribution in [2.45, 2.75) is 69.1 Å². The fourth-order valence-corrected chi connectivity index (χ4v) is 6.02. The van der Waals surface area contributed by atoms with E-state index in [9.17, 15) is 14.4 Å². The average Bonchev–Trinajstić information content (AvgIpc) is 3.36. The quantitative estimate of drug-likeness (QED) is 0.318. The SMILES string of the molecule is NC(CCO)C(=O)N1CCN(C(=O)Nc2ccn(-c3ccc4c(c3)CCC(N[C@H]3CC[C@H](N)C3)C4)c(=O)n2)CC1. The van der Waals surface area contributed by atoms with Crippen LogP contribution in [0.4, 0.5) is 10.6 Å². The number of anilines is 1. The number of carbonyl (C=O) groups is 2. The number of hydrogen-bond donors (Lipinski definition) is 5. The van der Waals surface area contributed by atoms with E-state index in [2.05, 4.69) is 27.8 Å². The number of aliphatic hydroxyl groups excluding tert-OH is 1. The molecule has 40 heavy (non-hydrogen) atoms. The molecule has 1 aromatic carbocycles. The van der Waals surface area contributed by atoms with Gasteiger partial charge in [0.05, 0.1) is 11.7 Å². The molecule has 0 spiro atoms. The standard InChI is InChI=1S/C28H40N8O4/c29-20-3-5-22(17-20)31-21-4-1-19-16-23(6-2-18(19)15-21)36-9-7-25(33-28(36)40)32-27(39)35-12-10-34(11-13-35)26(38)24(30)8-14-37/h2,6-7,9,16,20-22,24,31,37H,1,3-5,8,10-15,17,29-30H2,(H,32,33,39,40)/t20-,21?,22-,24?/m0/s1. The molecule has 2 heterocycles. The molecule has 1 aliphatic heterocycles. The fourth-order valence-electron chi connectivity index (χ4n) is 6.02. The first-order valence-electron chi connectivity index (χ1n) is 14.3. The topological polar surface area (TPSA) is 172 Å². The van der Waals surface area contributed by atoms with Gasteiger partial charge in [-0.15, -0.1) is 0 Å². The molecule has 0 bridgehead atoms. The Bertz CT molecular complexity index is 1280. The highest BCUT2D eigenvalue weighted by molar-refractivity contribution is 5.88. The first-order valence-corrected chi connectivity index (χ1v) is 14.3. The lowest BCUT2D eigenvalue weighted by molar-refractivity contribution is -0.134. The van der Waals surface area contributed by atoms with Gasteiger partial charge in [0.15, 0.2) is 0 Å². The van der Waals surface area contributed by atoms with Gasteiger partial charge in [0.25, 0.3) is 0 Å². The molecular weight excluding hydrogens is 512 g/mol. The van der Waals surface area contributed by atoms with Crippen LogP contribution >= 0.6 is 0 Å². The summed E-state index contributed by atoms with van der Waals surface area (Å²) in [7, 11) is 0. The Kier molecular flexibility index (Phi) is 8.79. The third kappa shape index (κ3) is 6.52.